The van der Waals surface area contributed by atoms with E-state index in [0.29, 0.717) is 24.3 Å². The second-order valence-electron chi connectivity index (χ2n) is 7.22. The van der Waals surface area contributed by atoms with Crippen molar-refractivity contribution < 1.29 is 23.9 Å². The van der Waals surface area contributed by atoms with Crippen LogP contribution in [0, 0.1) is 5.82 Å². The van der Waals surface area contributed by atoms with Crippen LogP contribution in [0.4, 0.5) is 10.1 Å². The van der Waals surface area contributed by atoms with Crippen LogP contribution in [0.3, 0.4) is 0 Å². The molecule has 2 aromatic carbocycles. The highest BCUT2D eigenvalue weighted by molar-refractivity contribution is 6.01. The summed E-state index contributed by atoms with van der Waals surface area (Å²) in [7, 11) is 0. The first kappa shape index (κ1) is 19.5. The SMILES string of the molecule is CC(=O)N1Cc2ccc(NC(=O)C(C)(CC(=O)O)c3ccc(F)cc3)cc2C1. The van der Waals surface area contributed by atoms with Crippen molar-refractivity contribution in [2.45, 2.75) is 38.8 Å². The summed E-state index contributed by atoms with van der Waals surface area (Å²) in [5, 5.41) is 12.1. The first-order valence-electron chi connectivity index (χ1n) is 8.85. The van der Waals surface area contributed by atoms with Gasteiger partial charge in [-0.05, 0) is 47.9 Å². The number of fused-ring (bicyclic) bond motifs is 1. The Bertz CT molecular complexity index is 942. The molecule has 146 valence electrons. The van der Waals surface area contributed by atoms with Crippen molar-refractivity contribution in [1.29, 1.82) is 0 Å². The van der Waals surface area contributed by atoms with Gasteiger partial charge >= 0.3 is 5.97 Å². The first-order valence-corrected chi connectivity index (χ1v) is 8.85. The number of carboxylic acid groups (broad SMARTS) is 1. The van der Waals surface area contributed by atoms with E-state index in [0.717, 1.165) is 11.1 Å². The average molecular weight is 384 g/mol. The van der Waals surface area contributed by atoms with Crippen molar-refractivity contribution in [3.05, 3.63) is 65.0 Å². The molecule has 0 spiro atoms. The Kier molecular flexibility index (Phi) is 5.18. The van der Waals surface area contributed by atoms with Gasteiger partial charge in [-0.25, -0.2) is 4.39 Å². The molecule has 2 aromatic rings. The van der Waals surface area contributed by atoms with Crippen molar-refractivity contribution in [3.63, 3.8) is 0 Å². The molecular formula is C21H21FN2O4. The summed E-state index contributed by atoms with van der Waals surface area (Å²) in [6.45, 7) is 4.03. The van der Waals surface area contributed by atoms with E-state index in [2.05, 4.69) is 5.32 Å². The highest BCUT2D eigenvalue weighted by Gasteiger charge is 2.38. The summed E-state index contributed by atoms with van der Waals surface area (Å²) >= 11 is 0. The zero-order chi connectivity index (χ0) is 20.5. The van der Waals surface area contributed by atoms with Gasteiger partial charge in [0.15, 0.2) is 0 Å². The van der Waals surface area contributed by atoms with Crippen molar-refractivity contribution in [2.24, 2.45) is 0 Å². The summed E-state index contributed by atoms with van der Waals surface area (Å²) in [6, 6.07) is 10.6. The Labute approximate surface area is 162 Å². The summed E-state index contributed by atoms with van der Waals surface area (Å²) in [6.07, 6.45) is -0.437. The normalized spacial score (nSPS) is 14.9. The van der Waals surface area contributed by atoms with Crippen LogP contribution in [0.2, 0.25) is 0 Å². The van der Waals surface area contributed by atoms with Gasteiger partial charge in [-0.15, -0.1) is 0 Å². The van der Waals surface area contributed by atoms with Crippen molar-refractivity contribution in [3.8, 4) is 0 Å². The molecule has 1 unspecified atom stereocenters. The molecule has 2 N–H and O–H groups in total. The maximum Gasteiger partial charge on any atom is 0.304 e. The Hall–Kier alpha value is -3.22. The van der Waals surface area contributed by atoms with E-state index in [1.165, 1.54) is 38.1 Å². The molecule has 7 heteroatoms. The number of carboxylic acids is 1. The van der Waals surface area contributed by atoms with Gasteiger partial charge in [-0.3, -0.25) is 14.4 Å². The number of hydrogen-bond donors (Lipinski definition) is 2. The number of carbonyl (C=O) groups excluding carboxylic acids is 2. The van der Waals surface area contributed by atoms with Crippen LogP contribution in [-0.2, 0) is 32.9 Å². The van der Waals surface area contributed by atoms with Crippen LogP contribution in [0.5, 0.6) is 0 Å². The summed E-state index contributed by atoms with van der Waals surface area (Å²) in [4.78, 5) is 37.6. The van der Waals surface area contributed by atoms with Crippen molar-refractivity contribution in [2.75, 3.05) is 5.32 Å². The zero-order valence-corrected chi connectivity index (χ0v) is 15.7. The highest BCUT2D eigenvalue weighted by Crippen LogP contribution is 2.31. The predicted octanol–water partition coefficient (Wildman–Crippen LogP) is 3.06. The van der Waals surface area contributed by atoms with Gasteiger partial charge in [0, 0.05) is 25.7 Å². The number of carbonyl (C=O) groups is 3. The molecule has 0 bridgehead atoms. The third kappa shape index (κ3) is 3.88. The highest BCUT2D eigenvalue weighted by atomic mass is 19.1. The van der Waals surface area contributed by atoms with E-state index in [1.54, 1.807) is 17.0 Å². The van der Waals surface area contributed by atoms with Crippen molar-refractivity contribution >= 4 is 23.5 Å². The summed E-state index contributed by atoms with van der Waals surface area (Å²) in [5.41, 5.74) is 1.52. The monoisotopic (exact) mass is 384 g/mol. The second-order valence-corrected chi connectivity index (χ2v) is 7.22. The molecule has 28 heavy (non-hydrogen) atoms. The lowest BCUT2D eigenvalue weighted by molar-refractivity contribution is -0.140. The Morgan fingerprint density at radius 3 is 2.36 bits per heavy atom. The molecule has 0 fully saturated rings. The molecule has 1 heterocycles. The van der Waals surface area contributed by atoms with Crippen molar-refractivity contribution in [1.82, 2.24) is 4.90 Å². The van der Waals surface area contributed by atoms with Crippen LogP contribution in [0.1, 0.15) is 37.0 Å². The lowest BCUT2D eigenvalue weighted by Crippen LogP contribution is -2.39. The average Bonchev–Trinajstić information content (AvgIpc) is 3.05. The summed E-state index contributed by atoms with van der Waals surface area (Å²) < 4.78 is 13.3. The van der Waals surface area contributed by atoms with Gasteiger partial charge in [0.05, 0.1) is 11.8 Å². The number of amides is 2. The number of nitrogens with zero attached hydrogens (tertiary/aromatic N) is 1. The summed E-state index contributed by atoms with van der Waals surface area (Å²) in [5.74, 6) is -2.11. The maximum atomic E-state index is 13.3. The number of anilines is 1. The topological polar surface area (TPSA) is 86.7 Å². The number of nitrogens with one attached hydrogen (secondary N) is 1. The molecular weight excluding hydrogens is 363 g/mol. The third-order valence-corrected chi connectivity index (χ3v) is 5.12. The van der Waals surface area contributed by atoms with E-state index >= 15 is 0 Å². The number of hydrogen-bond acceptors (Lipinski definition) is 3. The lowest BCUT2D eigenvalue weighted by atomic mass is 9.78. The number of rotatable bonds is 5. The molecule has 1 atom stereocenters. The molecule has 0 radical (unpaired) electrons. The number of halogens is 1. The largest absolute Gasteiger partial charge is 0.481 e. The zero-order valence-electron chi connectivity index (χ0n) is 15.7. The van der Waals surface area contributed by atoms with Gasteiger partial charge in [0.2, 0.25) is 11.8 Å². The molecule has 1 aliphatic rings. The maximum absolute atomic E-state index is 13.3. The molecule has 6 nitrogen and oxygen atoms in total. The number of benzene rings is 2. The van der Waals surface area contributed by atoms with E-state index in [4.69, 9.17) is 0 Å². The Morgan fingerprint density at radius 1 is 1.11 bits per heavy atom. The third-order valence-electron chi connectivity index (χ3n) is 5.12. The number of aliphatic carboxylic acids is 1. The van der Waals surface area contributed by atoms with Gasteiger partial charge in [0.1, 0.15) is 5.82 Å². The minimum Gasteiger partial charge on any atom is -0.481 e. The van der Waals surface area contributed by atoms with Crippen LogP contribution >= 0.6 is 0 Å². The minimum absolute atomic E-state index is 0.0212. The fourth-order valence-electron chi connectivity index (χ4n) is 3.40. The van der Waals surface area contributed by atoms with Gasteiger partial charge in [-0.1, -0.05) is 18.2 Å². The molecule has 0 saturated heterocycles. The van der Waals surface area contributed by atoms with Crippen LogP contribution in [0.15, 0.2) is 42.5 Å². The Morgan fingerprint density at radius 2 is 1.75 bits per heavy atom. The van der Waals surface area contributed by atoms with E-state index in [1.807, 2.05) is 6.07 Å². The standard InChI is InChI=1S/C21H21FN2O4/c1-13(25)24-11-14-3-8-18(9-15(14)12-24)23-20(28)21(2,10-19(26)27)16-4-6-17(22)7-5-16/h3-9H,10-12H2,1-2H3,(H,23,28)(H,26,27). The van der Waals surface area contributed by atoms with Crippen LogP contribution in [0.25, 0.3) is 0 Å². The lowest BCUT2D eigenvalue weighted by Gasteiger charge is -2.27. The first-order chi connectivity index (χ1) is 13.2. The molecule has 3 rings (SSSR count). The molecule has 2 amide bonds. The van der Waals surface area contributed by atoms with E-state index in [-0.39, 0.29) is 5.91 Å². The quantitative estimate of drug-likeness (QED) is 0.830. The fraction of sp³-hybridized carbons (Fsp3) is 0.286. The molecule has 0 aliphatic carbocycles. The van der Waals surface area contributed by atoms with Crippen LogP contribution < -0.4 is 5.32 Å². The predicted molar refractivity (Wildman–Crippen MR) is 101 cm³/mol. The smallest absolute Gasteiger partial charge is 0.304 e. The van der Waals surface area contributed by atoms with Gasteiger partial charge < -0.3 is 15.3 Å². The van der Waals surface area contributed by atoms with Gasteiger partial charge in [-0.2, -0.15) is 0 Å². The minimum atomic E-state index is -1.37. The van der Waals surface area contributed by atoms with Gasteiger partial charge in [0.25, 0.3) is 0 Å². The van der Waals surface area contributed by atoms with E-state index in [9.17, 15) is 23.9 Å². The molecule has 0 saturated carbocycles. The fourth-order valence-corrected chi connectivity index (χ4v) is 3.40. The Balaban J connectivity index is 1.85. The van der Waals surface area contributed by atoms with E-state index < -0.39 is 29.5 Å². The second kappa shape index (κ2) is 7.42. The van der Waals surface area contributed by atoms with Crippen LogP contribution in [-0.4, -0.2) is 27.8 Å². The molecule has 0 aromatic heterocycles. The molecule has 1 aliphatic heterocycles.